The maximum absolute atomic E-state index is 11.0. The average Bonchev–Trinajstić information content (AvgIpc) is 3.11. The smallest absolute Gasteiger partial charge is 0.191 e. The summed E-state index contributed by atoms with van der Waals surface area (Å²) in [5.74, 6) is 2.22. The predicted molar refractivity (Wildman–Crippen MR) is 123 cm³/mol. The molecule has 0 saturated carbocycles. The van der Waals surface area contributed by atoms with Crippen LogP contribution in [0.25, 0.3) is 0 Å². The van der Waals surface area contributed by atoms with E-state index in [1.807, 2.05) is 26.8 Å². The summed E-state index contributed by atoms with van der Waals surface area (Å²) in [6, 6.07) is 10.3. The lowest BCUT2D eigenvalue weighted by molar-refractivity contribution is 0.0341. The van der Waals surface area contributed by atoms with Crippen LogP contribution in [0.5, 0.6) is 0 Å². The van der Waals surface area contributed by atoms with Crippen LogP contribution >= 0.6 is 0 Å². The molecule has 1 aromatic heterocycles. The number of aryl methyl sites for hydroxylation is 2. The first-order valence-corrected chi connectivity index (χ1v) is 11.1. The number of hydrogen-bond acceptors (Lipinski definition) is 5. The number of guanidine groups is 1. The molecule has 0 bridgehead atoms. The molecule has 0 aliphatic carbocycles. The standard InChI is InChI=1S/C24H36N4O3/c1-5-25-23(27-17-24(4,29)22-14-18(2)31-19(22)3)26-15-20-8-6-7-9-21(20)16-28-10-12-30-13-11-28/h6-9,14,29H,5,10-13,15-17H2,1-4H3,(H2,25,26,27). The van der Waals surface area contributed by atoms with Crippen molar-refractivity contribution >= 4 is 5.96 Å². The summed E-state index contributed by atoms with van der Waals surface area (Å²) >= 11 is 0. The number of nitrogens with zero attached hydrogens (tertiary/aromatic N) is 2. The molecule has 7 heteroatoms. The van der Waals surface area contributed by atoms with Crippen LogP contribution in [-0.4, -0.2) is 55.4 Å². The molecule has 0 amide bonds. The van der Waals surface area contributed by atoms with Crippen molar-refractivity contribution < 1.29 is 14.3 Å². The van der Waals surface area contributed by atoms with Gasteiger partial charge in [0.05, 0.1) is 26.3 Å². The van der Waals surface area contributed by atoms with Crippen LogP contribution in [0.1, 0.15) is 42.1 Å². The summed E-state index contributed by atoms with van der Waals surface area (Å²) < 4.78 is 11.1. The van der Waals surface area contributed by atoms with Crippen molar-refractivity contribution in [3.63, 3.8) is 0 Å². The van der Waals surface area contributed by atoms with Gasteiger partial charge in [-0.1, -0.05) is 24.3 Å². The summed E-state index contributed by atoms with van der Waals surface area (Å²) in [5.41, 5.74) is 2.23. The van der Waals surface area contributed by atoms with Crippen molar-refractivity contribution in [2.45, 2.75) is 46.4 Å². The number of rotatable bonds is 8. The van der Waals surface area contributed by atoms with E-state index in [4.69, 9.17) is 14.1 Å². The second kappa shape index (κ2) is 10.8. The summed E-state index contributed by atoms with van der Waals surface area (Å²) in [6.45, 7) is 13.7. The highest BCUT2D eigenvalue weighted by Gasteiger charge is 2.28. The van der Waals surface area contributed by atoms with Gasteiger partial charge < -0.3 is 24.9 Å². The minimum absolute atomic E-state index is 0.327. The number of hydrogen-bond donors (Lipinski definition) is 3. The van der Waals surface area contributed by atoms with E-state index < -0.39 is 5.60 Å². The molecule has 3 rings (SSSR count). The molecule has 0 radical (unpaired) electrons. The Morgan fingerprint density at radius 1 is 1.16 bits per heavy atom. The fourth-order valence-corrected chi connectivity index (χ4v) is 3.89. The zero-order valence-electron chi connectivity index (χ0n) is 19.2. The van der Waals surface area contributed by atoms with Crippen molar-refractivity contribution in [1.29, 1.82) is 0 Å². The van der Waals surface area contributed by atoms with Gasteiger partial charge in [-0.2, -0.15) is 0 Å². The van der Waals surface area contributed by atoms with Gasteiger partial charge in [0.25, 0.3) is 0 Å². The lowest BCUT2D eigenvalue weighted by atomic mass is 9.96. The van der Waals surface area contributed by atoms with E-state index >= 15 is 0 Å². The zero-order chi connectivity index (χ0) is 22.3. The van der Waals surface area contributed by atoms with Crippen molar-refractivity contribution in [3.05, 3.63) is 58.5 Å². The van der Waals surface area contributed by atoms with E-state index in [1.165, 1.54) is 11.1 Å². The number of morpholine rings is 1. The van der Waals surface area contributed by atoms with Gasteiger partial charge in [0, 0.05) is 31.7 Å². The van der Waals surface area contributed by atoms with Crippen LogP contribution in [0.2, 0.25) is 0 Å². The Balaban J connectivity index is 1.66. The third-order valence-corrected chi connectivity index (χ3v) is 5.59. The molecule has 1 fully saturated rings. The number of furan rings is 1. The number of ether oxygens (including phenoxy) is 1. The molecule has 1 aliphatic rings. The molecule has 2 aromatic rings. The Hall–Kier alpha value is -2.35. The molecule has 2 heterocycles. The maximum atomic E-state index is 11.0. The van der Waals surface area contributed by atoms with Crippen molar-refractivity contribution in [2.24, 2.45) is 4.99 Å². The fourth-order valence-electron chi connectivity index (χ4n) is 3.89. The molecule has 170 valence electrons. The molecular weight excluding hydrogens is 392 g/mol. The molecular formula is C24H36N4O3. The molecule has 1 aromatic carbocycles. The van der Waals surface area contributed by atoms with Gasteiger partial charge in [0.1, 0.15) is 17.1 Å². The number of benzene rings is 1. The highest BCUT2D eigenvalue weighted by atomic mass is 16.5. The van der Waals surface area contributed by atoms with Gasteiger partial charge in [-0.05, 0) is 44.9 Å². The van der Waals surface area contributed by atoms with Crippen LogP contribution in [0, 0.1) is 13.8 Å². The molecule has 7 nitrogen and oxygen atoms in total. The molecule has 1 unspecified atom stereocenters. The Morgan fingerprint density at radius 3 is 2.52 bits per heavy atom. The summed E-state index contributed by atoms with van der Waals surface area (Å²) in [7, 11) is 0. The minimum atomic E-state index is -1.06. The fraction of sp³-hybridized carbons (Fsp3) is 0.542. The predicted octanol–water partition coefficient (Wildman–Crippen LogP) is 2.69. The third kappa shape index (κ3) is 6.56. The van der Waals surface area contributed by atoms with E-state index in [2.05, 4.69) is 39.8 Å². The summed E-state index contributed by atoms with van der Waals surface area (Å²) in [6.07, 6.45) is 0. The second-order valence-electron chi connectivity index (χ2n) is 8.31. The minimum Gasteiger partial charge on any atom is -0.466 e. The molecule has 0 spiro atoms. The zero-order valence-corrected chi connectivity index (χ0v) is 19.2. The molecule has 1 atom stereocenters. The monoisotopic (exact) mass is 428 g/mol. The van der Waals surface area contributed by atoms with E-state index in [1.54, 1.807) is 6.92 Å². The van der Waals surface area contributed by atoms with Crippen LogP contribution in [0.15, 0.2) is 39.7 Å². The summed E-state index contributed by atoms with van der Waals surface area (Å²) in [5, 5.41) is 17.5. The lowest BCUT2D eigenvalue weighted by Gasteiger charge is -2.27. The normalized spacial score (nSPS) is 17.4. The number of aliphatic imine (C=N–C) groups is 1. The Labute approximate surface area is 185 Å². The number of nitrogens with one attached hydrogen (secondary N) is 2. The average molecular weight is 429 g/mol. The molecule has 31 heavy (non-hydrogen) atoms. The second-order valence-corrected chi connectivity index (χ2v) is 8.31. The SMILES string of the molecule is CCNC(=NCc1ccccc1CN1CCOCC1)NCC(C)(O)c1cc(C)oc1C. The van der Waals surface area contributed by atoms with Crippen LogP contribution < -0.4 is 10.6 Å². The molecule has 3 N–H and O–H groups in total. The molecule has 1 aliphatic heterocycles. The summed E-state index contributed by atoms with van der Waals surface area (Å²) in [4.78, 5) is 7.20. The number of aliphatic hydroxyl groups is 1. The first-order valence-electron chi connectivity index (χ1n) is 11.1. The van der Waals surface area contributed by atoms with Crippen molar-refractivity contribution in [2.75, 3.05) is 39.4 Å². The highest BCUT2D eigenvalue weighted by molar-refractivity contribution is 5.79. The topological polar surface area (TPSA) is 82.3 Å². The quantitative estimate of drug-likeness (QED) is 0.443. The van der Waals surface area contributed by atoms with Crippen molar-refractivity contribution in [3.8, 4) is 0 Å². The van der Waals surface area contributed by atoms with Crippen LogP contribution in [0.3, 0.4) is 0 Å². The Bertz CT molecular complexity index is 869. The third-order valence-electron chi connectivity index (χ3n) is 5.59. The van der Waals surface area contributed by atoms with E-state index in [0.29, 0.717) is 19.0 Å². The van der Waals surface area contributed by atoms with Gasteiger partial charge >= 0.3 is 0 Å². The van der Waals surface area contributed by atoms with Crippen molar-refractivity contribution in [1.82, 2.24) is 15.5 Å². The van der Waals surface area contributed by atoms with Crippen LogP contribution in [-0.2, 0) is 23.4 Å². The first-order chi connectivity index (χ1) is 14.9. The van der Waals surface area contributed by atoms with E-state index in [9.17, 15) is 5.11 Å². The Morgan fingerprint density at radius 2 is 1.87 bits per heavy atom. The first kappa shape index (κ1) is 23.3. The van der Waals surface area contributed by atoms with E-state index in [-0.39, 0.29) is 0 Å². The van der Waals surface area contributed by atoms with Gasteiger partial charge in [-0.3, -0.25) is 4.90 Å². The molecule has 1 saturated heterocycles. The maximum Gasteiger partial charge on any atom is 0.191 e. The largest absolute Gasteiger partial charge is 0.466 e. The van der Waals surface area contributed by atoms with Gasteiger partial charge in [-0.15, -0.1) is 0 Å². The van der Waals surface area contributed by atoms with E-state index in [0.717, 1.165) is 56.5 Å². The van der Waals surface area contributed by atoms with Gasteiger partial charge in [0.2, 0.25) is 0 Å². The highest BCUT2D eigenvalue weighted by Crippen LogP contribution is 2.26. The van der Waals surface area contributed by atoms with Gasteiger partial charge in [0.15, 0.2) is 5.96 Å². The Kier molecular flexibility index (Phi) is 8.12. The lowest BCUT2D eigenvalue weighted by Crippen LogP contribution is -2.44. The van der Waals surface area contributed by atoms with Gasteiger partial charge in [-0.25, -0.2) is 4.99 Å². The van der Waals surface area contributed by atoms with Crippen LogP contribution in [0.4, 0.5) is 0 Å².